The first kappa shape index (κ1) is 18.1. The van der Waals surface area contributed by atoms with Crippen LogP contribution in [-0.4, -0.2) is 17.8 Å². The fraction of sp³-hybridized carbons (Fsp3) is 0.125. The summed E-state index contributed by atoms with van der Waals surface area (Å²) in [7, 11) is -4.23. The molecule has 0 atom stereocenters. The Kier molecular flexibility index (Phi) is 4.80. The number of sulfonamides is 1. The number of hydrogen-bond acceptors (Lipinski definition) is 4. The predicted octanol–water partition coefficient (Wildman–Crippen LogP) is 3.52. The number of benzene rings is 1. The second kappa shape index (κ2) is 6.90. The second-order valence-electron chi connectivity index (χ2n) is 5.36. The maximum Gasteiger partial charge on any atom is 0.279 e. The van der Waals surface area contributed by atoms with Gasteiger partial charge < -0.3 is 0 Å². The standard InChI is InChI=1S/C16H11ClF2N4O2S/c17-11-3-5-23-15(7-11)21-9-16(23)26(24,25)22-14-8-12(18)10(2-1-4-20)6-13(14)19/h3,5-9,22H,1-2H2. The highest BCUT2D eigenvalue weighted by Crippen LogP contribution is 2.24. The van der Waals surface area contributed by atoms with Crippen LogP contribution in [0.5, 0.6) is 0 Å². The van der Waals surface area contributed by atoms with Crippen LogP contribution in [0.3, 0.4) is 0 Å². The number of nitriles is 1. The Labute approximate surface area is 152 Å². The molecule has 1 aromatic carbocycles. The van der Waals surface area contributed by atoms with E-state index < -0.39 is 27.3 Å². The van der Waals surface area contributed by atoms with Crippen molar-refractivity contribution >= 4 is 33.0 Å². The van der Waals surface area contributed by atoms with Gasteiger partial charge in [0.1, 0.15) is 17.3 Å². The predicted molar refractivity (Wildman–Crippen MR) is 91.3 cm³/mol. The summed E-state index contributed by atoms with van der Waals surface area (Å²) in [6, 6.07) is 6.39. The van der Waals surface area contributed by atoms with E-state index in [1.807, 2.05) is 10.8 Å². The minimum absolute atomic E-state index is 0.00329. The van der Waals surface area contributed by atoms with Gasteiger partial charge >= 0.3 is 0 Å². The molecule has 0 saturated carbocycles. The van der Waals surface area contributed by atoms with Crippen LogP contribution in [0.25, 0.3) is 5.65 Å². The van der Waals surface area contributed by atoms with Crippen molar-refractivity contribution in [2.75, 3.05) is 4.72 Å². The third-order valence-electron chi connectivity index (χ3n) is 3.60. The van der Waals surface area contributed by atoms with Gasteiger partial charge in [0.05, 0.1) is 18.0 Å². The second-order valence-corrected chi connectivity index (χ2v) is 7.42. The van der Waals surface area contributed by atoms with Gasteiger partial charge in [0.2, 0.25) is 0 Å². The number of hydrogen-bond donors (Lipinski definition) is 1. The lowest BCUT2D eigenvalue weighted by Gasteiger charge is -2.10. The zero-order valence-electron chi connectivity index (χ0n) is 13.1. The van der Waals surface area contributed by atoms with E-state index in [-0.39, 0.29) is 29.1 Å². The summed E-state index contributed by atoms with van der Waals surface area (Å²) in [5.74, 6) is -1.75. The van der Waals surface area contributed by atoms with Gasteiger partial charge in [0, 0.05) is 29.8 Å². The third kappa shape index (κ3) is 3.47. The Morgan fingerprint density at radius 1 is 1.27 bits per heavy atom. The molecule has 2 heterocycles. The molecule has 0 aliphatic rings. The molecule has 1 N–H and O–H groups in total. The molecule has 3 rings (SSSR count). The Balaban J connectivity index is 1.97. The zero-order chi connectivity index (χ0) is 18.9. The maximum absolute atomic E-state index is 14.2. The summed E-state index contributed by atoms with van der Waals surface area (Å²) in [5.41, 5.74) is -0.250. The zero-order valence-corrected chi connectivity index (χ0v) is 14.7. The van der Waals surface area contributed by atoms with Crippen molar-refractivity contribution in [1.29, 1.82) is 5.26 Å². The number of rotatable bonds is 5. The van der Waals surface area contributed by atoms with Crippen molar-refractivity contribution in [1.82, 2.24) is 9.38 Å². The van der Waals surface area contributed by atoms with E-state index in [4.69, 9.17) is 16.9 Å². The molecule has 0 fully saturated rings. The summed E-state index contributed by atoms with van der Waals surface area (Å²) >= 11 is 5.83. The lowest BCUT2D eigenvalue weighted by atomic mass is 10.1. The first-order valence-corrected chi connectivity index (χ1v) is 9.18. The minimum atomic E-state index is -4.23. The van der Waals surface area contributed by atoms with Crippen molar-refractivity contribution in [3.63, 3.8) is 0 Å². The lowest BCUT2D eigenvalue weighted by molar-refractivity contribution is 0.584. The molecule has 0 aliphatic carbocycles. The van der Waals surface area contributed by atoms with E-state index in [1.54, 1.807) is 0 Å². The van der Waals surface area contributed by atoms with E-state index in [0.717, 1.165) is 18.3 Å². The number of aryl methyl sites for hydroxylation is 1. The molecule has 0 aliphatic heterocycles. The van der Waals surface area contributed by atoms with Gasteiger partial charge in [0.15, 0.2) is 5.03 Å². The number of anilines is 1. The van der Waals surface area contributed by atoms with Crippen molar-refractivity contribution in [3.05, 3.63) is 58.9 Å². The minimum Gasteiger partial charge on any atom is -0.289 e. The van der Waals surface area contributed by atoms with Gasteiger partial charge in [-0.3, -0.25) is 9.12 Å². The van der Waals surface area contributed by atoms with Crippen LogP contribution in [-0.2, 0) is 16.4 Å². The molecule has 3 aromatic rings. The number of nitrogens with zero attached hydrogens (tertiary/aromatic N) is 3. The van der Waals surface area contributed by atoms with E-state index in [0.29, 0.717) is 5.02 Å². The first-order valence-electron chi connectivity index (χ1n) is 7.32. The molecule has 0 saturated heterocycles. The topological polar surface area (TPSA) is 87.3 Å². The highest BCUT2D eigenvalue weighted by molar-refractivity contribution is 7.92. The van der Waals surface area contributed by atoms with E-state index in [2.05, 4.69) is 4.98 Å². The smallest absolute Gasteiger partial charge is 0.279 e. The number of nitrogens with one attached hydrogen (secondary N) is 1. The van der Waals surface area contributed by atoms with Crippen molar-refractivity contribution < 1.29 is 17.2 Å². The summed E-state index contributed by atoms with van der Waals surface area (Å²) in [5, 5.41) is 8.65. The van der Waals surface area contributed by atoms with Gasteiger partial charge in [-0.15, -0.1) is 0 Å². The molecule has 0 spiro atoms. The number of pyridine rings is 1. The quantitative estimate of drug-likeness (QED) is 0.714. The average molecular weight is 397 g/mol. The van der Waals surface area contributed by atoms with E-state index >= 15 is 0 Å². The van der Waals surface area contributed by atoms with E-state index in [9.17, 15) is 17.2 Å². The van der Waals surface area contributed by atoms with Crippen LogP contribution >= 0.6 is 11.6 Å². The lowest BCUT2D eigenvalue weighted by Crippen LogP contribution is -2.16. The van der Waals surface area contributed by atoms with Crippen LogP contribution < -0.4 is 4.72 Å². The highest BCUT2D eigenvalue weighted by Gasteiger charge is 2.22. The largest absolute Gasteiger partial charge is 0.289 e. The summed E-state index contributed by atoms with van der Waals surface area (Å²) in [4.78, 5) is 3.94. The fourth-order valence-electron chi connectivity index (χ4n) is 2.38. The Morgan fingerprint density at radius 3 is 2.77 bits per heavy atom. The Bertz CT molecular complexity index is 1140. The molecule has 2 aromatic heterocycles. The van der Waals surface area contributed by atoms with Crippen LogP contribution in [0.2, 0.25) is 5.02 Å². The SMILES string of the molecule is N#CCCc1cc(F)c(NS(=O)(=O)c2cnc3cc(Cl)ccn23)cc1F. The normalized spacial score (nSPS) is 11.5. The Morgan fingerprint density at radius 2 is 2.04 bits per heavy atom. The van der Waals surface area contributed by atoms with Gasteiger partial charge in [-0.05, 0) is 24.1 Å². The number of halogens is 3. The van der Waals surface area contributed by atoms with E-state index in [1.165, 1.54) is 22.7 Å². The summed E-state index contributed by atoms with van der Waals surface area (Å²) in [6.07, 6.45) is 2.54. The molecule has 6 nitrogen and oxygen atoms in total. The molecule has 0 amide bonds. The van der Waals surface area contributed by atoms with Crippen LogP contribution in [0.15, 0.2) is 41.7 Å². The number of imidazole rings is 1. The van der Waals surface area contributed by atoms with Crippen LogP contribution in [0.1, 0.15) is 12.0 Å². The van der Waals surface area contributed by atoms with Gasteiger partial charge in [-0.25, -0.2) is 13.8 Å². The summed E-state index contributed by atoms with van der Waals surface area (Å²) in [6.45, 7) is 0. The third-order valence-corrected chi connectivity index (χ3v) is 5.18. The molecule has 0 radical (unpaired) electrons. The van der Waals surface area contributed by atoms with Crippen molar-refractivity contribution in [3.8, 4) is 6.07 Å². The van der Waals surface area contributed by atoms with Crippen molar-refractivity contribution in [2.24, 2.45) is 0 Å². The van der Waals surface area contributed by atoms with Gasteiger partial charge in [-0.2, -0.15) is 13.7 Å². The molecular weight excluding hydrogens is 386 g/mol. The van der Waals surface area contributed by atoms with Crippen molar-refractivity contribution in [2.45, 2.75) is 17.9 Å². The molecule has 0 unspecified atom stereocenters. The number of fused-ring (bicyclic) bond motifs is 1. The molecule has 26 heavy (non-hydrogen) atoms. The van der Waals surface area contributed by atoms with Crippen LogP contribution in [0, 0.1) is 23.0 Å². The maximum atomic E-state index is 14.2. The Hall–Kier alpha value is -2.70. The molecule has 0 bridgehead atoms. The van der Waals surface area contributed by atoms with Crippen LogP contribution in [0.4, 0.5) is 14.5 Å². The fourth-order valence-corrected chi connectivity index (χ4v) is 3.69. The average Bonchev–Trinajstić information content (AvgIpc) is 3.00. The first-order chi connectivity index (χ1) is 12.3. The highest BCUT2D eigenvalue weighted by atomic mass is 35.5. The molecule has 10 heteroatoms. The monoisotopic (exact) mass is 396 g/mol. The van der Waals surface area contributed by atoms with Gasteiger partial charge in [0.25, 0.3) is 10.0 Å². The molecule has 134 valence electrons. The molecular formula is C16H11ClF2N4O2S. The summed E-state index contributed by atoms with van der Waals surface area (Å²) < 4.78 is 56.6. The number of aromatic nitrogens is 2. The van der Waals surface area contributed by atoms with Gasteiger partial charge in [-0.1, -0.05) is 11.6 Å².